The highest BCUT2D eigenvalue weighted by Gasteiger charge is 2.57. The Bertz CT molecular complexity index is 1100. The van der Waals surface area contributed by atoms with Crippen molar-refractivity contribution < 1.29 is 23.2 Å². The van der Waals surface area contributed by atoms with Crippen molar-refractivity contribution in [2.45, 2.75) is 49.7 Å². The molecule has 0 aromatic heterocycles. The fourth-order valence-corrected chi connectivity index (χ4v) is 7.20. The maximum atomic E-state index is 13.2. The highest BCUT2D eigenvalue weighted by atomic mass is 32.2. The number of nitrogens with zero attached hydrogens (tertiary/aromatic N) is 1. The summed E-state index contributed by atoms with van der Waals surface area (Å²) in [5, 5.41) is 9.06. The standard InChI is InChI=1S/C24H30N2O5S/c1-17-15-19(7-8-22(17)20-5-3-6-21(16-20)31-2)18-9-13-26(14-10-18)32(29,30)24(11-4-12-24)23(27)25-28/h3,5-8,15-16,18,28H,4,9-14H2,1-2H3,(H,25,27). The van der Waals surface area contributed by atoms with E-state index in [1.807, 2.05) is 18.2 Å². The summed E-state index contributed by atoms with van der Waals surface area (Å²) in [6, 6.07) is 14.4. The summed E-state index contributed by atoms with van der Waals surface area (Å²) in [6.45, 7) is 2.85. The molecular weight excluding hydrogens is 428 g/mol. The monoisotopic (exact) mass is 458 g/mol. The van der Waals surface area contributed by atoms with Crippen LogP contribution in [0.3, 0.4) is 0 Å². The molecule has 172 valence electrons. The molecule has 1 heterocycles. The van der Waals surface area contributed by atoms with Crippen LogP contribution in [0.15, 0.2) is 42.5 Å². The third kappa shape index (κ3) is 3.80. The predicted molar refractivity (Wildman–Crippen MR) is 122 cm³/mol. The van der Waals surface area contributed by atoms with Gasteiger partial charge in [-0.2, -0.15) is 0 Å². The molecule has 0 atom stereocenters. The molecule has 32 heavy (non-hydrogen) atoms. The van der Waals surface area contributed by atoms with Gasteiger partial charge in [0.25, 0.3) is 5.91 Å². The number of methoxy groups -OCH3 is 1. The Hall–Kier alpha value is -2.42. The van der Waals surface area contributed by atoms with Gasteiger partial charge in [-0.05, 0) is 79.3 Å². The van der Waals surface area contributed by atoms with Gasteiger partial charge in [-0.1, -0.05) is 30.3 Å². The first-order chi connectivity index (χ1) is 15.3. The quantitative estimate of drug-likeness (QED) is 0.509. The third-order valence-corrected chi connectivity index (χ3v) is 9.69. The zero-order valence-corrected chi connectivity index (χ0v) is 19.3. The van der Waals surface area contributed by atoms with Gasteiger partial charge in [-0.15, -0.1) is 0 Å². The second-order valence-electron chi connectivity index (χ2n) is 8.77. The van der Waals surface area contributed by atoms with E-state index in [9.17, 15) is 13.2 Å². The van der Waals surface area contributed by atoms with Crippen molar-refractivity contribution in [3.8, 4) is 16.9 Å². The van der Waals surface area contributed by atoms with Crippen molar-refractivity contribution in [1.29, 1.82) is 0 Å². The Balaban J connectivity index is 1.48. The van der Waals surface area contributed by atoms with Gasteiger partial charge in [0.05, 0.1) is 7.11 Å². The lowest BCUT2D eigenvalue weighted by Gasteiger charge is -2.43. The number of benzene rings is 2. The van der Waals surface area contributed by atoms with Gasteiger partial charge in [-0.25, -0.2) is 18.2 Å². The van der Waals surface area contributed by atoms with Crippen molar-refractivity contribution in [2.75, 3.05) is 20.2 Å². The van der Waals surface area contributed by atoms with Crippen molar-refractivity contribution in [3.05, 3.63) is 53.6 Å². The van der Waals surface area contributed by atoms with Crippen molar-refractivity contribution in [2.24, 2.45) is 0 Å². The van der Waals surface area contributed by atoms with E-state index in [1.165, 1.54) is 15.4 Å². The molecule has 0 bridgehead atoms. The topological polar surface area (TPSA) is 95.9 Å². The van der Waals surface area contributed by atoms with Crippen LogP contribution in [-0.4, -0.2) is 48.8 Å². The molecular formula is C24H30N2O5S. The van der Waals surface area contributed by atoms with Crippen molar-refractivity contribution in [1.82, 2.24) is 9.79 Å². The molecule has 1 aliphatic heterocycles. The van der Waals surface area contributed by atoms with Crippen LogP contribution < -0.4 is 10.2 Å². The zero-order valence-electron chi connectivity index (χ0n) is 18.5. The summed E-state index contributed by atoms with van der Waals surface area (Å²) in [7, 11) is -2.15. The average Bonchev–Trinajstić information content (AvgIpc) is 2.78. The molecule has 4 rings (SSSR count). The number of rotatable bonds is 6. The van der Waals surface area contributed by atoms with E-state index in [0.29, 0.717) is 32.4 Å². The van der Waals surface area contributed by atoms with Gasteiger partial charge >= 0.3 is 0 Å². The molecule has 2 N–H and O–H groups in total. The fraction of sp³-hybridized carbons (Fsp3) is 0.458. The van der Waals surface area contributed by atoms with Crippen LogP contribution in [0, 0.1) is 6.92 Å². The Labute approximate surface area is 189 Å². The molecule has 1 saturated heterocycles. The molecule has 0 unspecified atom stereocenters. The van der Waals surface area contributed by atoms with Crippen LogP contribution in [0.5, 0.6) is 5.75 Å². The van der Waals surface area contributed by atoms with Crippen LogP contribution in [0.25, 0.3) is 11.1 Å². The van der Waals surface area contributed by atoms with Crippen LogP contribution in [0.1, 0.15) is 49.1 Å². The summed E-state index contributed by atoms with van der Waals surface area (Å²) >= 11 is 0. The molecule has 2 aromatic rings. The number of carbonyl (C=O) groups is 1. The second-order valence-corrected chi connectivity index (χ2v) is 11.0. The van der Waals surface area contributed by atoms with Crippen molar-refractivity contribution >= 4 is 15.9 Å². The summed E-state index contributed by atoms with van der Waals surface area (Å²) in [4.78, 5) is 12.1. The molecule has 2 fully saturated rings. The number of amides is 1. The molecule has 2 aliphatic rings. The lowest BCUT2D eigenvalue weighted by Crippen LogP contribution is -2.61. The molecule has 1 amide bonds. The third-order valence-electron chi connectivity index (χ3n) is 7.07. The lowest BCUT2D eigenvalue weighted by atomic mass is 9.84. The largest absolute Gasteiger partial charge is 0.497 e. The van der Waals surface area contributed by atoms with Gasteiger partial charge in [0.2, 0.25) is 10.0 Å². The number of hydrogen-bond donors (Lipinski definition) is 2. The minimum absolute atomic E-state index is 0.257. The van der Waals surface area contributed by atoms with E-state index < -0.39 is 20.7 Å². The Morgan fingerprint density at radius 2 is 1.88 bits per heavy atom. The Morgan fingerprint density at radius 1 is 1.16 bits per heavy atom. The number of aryl methyl sites for hydroxylation is 1. The van der Waals surface area contributed by atoms with Gasteiger partial charge in [-0.3, -0.25) is 10.0 Å². The minimum atomic E-state index is -3.81. The van der Waals surface area contributed by atoms with E-state index in [1.54, 1.807) is 12.6 Å². The number of hydroxylamine groups is 1. The van der Waals surface area contributed by atoms with Gasteiger partial charge < -0.3 is 4.74 Å². The van der Waals surface area contributed by atoms with Gasteiger partial charge in [0.15, 0.2) is 4.75 Å². The first-order valence-electron chi connectivity index (χ1n) is 11.0. The number of carbonyl (C=O) groups excluding carboxylic acids is 1. The van der Waals surface area contributed by atoms with Crippen LogP contribution in [0.4, 0.5) is 0 Å². The number of hydrogen-bond acceptors (Lipinski definition) is 5. The van der Waals surface area contributed by atoms with Crippen LogP contribution in [-0.2, 0) is 14.8 Å². The fourth-order valence-electron chi connectivity index (χ4n) is 4.93. The van der Waals surface area contributed by atoms with Crippen LogP contribution in [0.2, 0.25) is 0 Å². The number of nitrogens with one attached hydrogen (secondary N) is 1. The zero-order chi connectivity index (χ0) is 22.9. The Kier molecular flexibility index (Phi) is 6.29. The molecule has 7 nitrogen and oxygen atoms in total. The molecule has 1 aliphatic carbocycles. The van der Waals surface area contributed by atoms with Crippen LogP contribution >= 0.6 is 0 Å². The summed E-state index contributed by atoms with van der Waals surface area (Å²) in [5.74, 6) is 0.275. The lowest BCUT2D eigenvalue weighted by molar-refractivity contribution is -0.134. The smallest absolute Gasteiger partial charge is 0.266 e. The molecule has 0 radical (unpaired) electrons. The minimum Gasteiger partial charge on any atom is -0.497 e. The Morgan fingerprint density at radius 3 is 2.44 bits per heavy atom. The highest BCUT2D eigenvalue weighted by molar-refractivity contribution is 7.91. The highest BCUT2D eigenvalue weighted by Crippen LogP contribution is 2.43. The second kappa shape index (κ2) is 8.84. The van der Waals surface area contributed by atoms with Gasteiger partial charge in [0.1, 0.15) is 5.75 Å². The summed E-state index contributed by atoms with van der Waals surface area (Å²) in [5.41, 5.74) is 6.19. The molecule has 0 spiro atoms. The molecule has 2 aromatic carbocycles. The first-order valence-corrected chi connectivity index (χ1v) is 12.5. The molecule has 1 saturated carbocycles. The normalized spacial score (nSPS) is 19.2. The summed E-state index contributed by atoms with van der Waals surface area (Å²) in [6.07, 6.45) is 2.59. The van der Waals surface area contributed by atoms with E-state index in [2.05, 4.69) is 31.2 Å². The first kappa shape index (κ1) is 22.8. The van der Waals surface area contributed by atoms with Gasteiger partial charge in [0, 0.05) is 13.1 Å². The van der Waals surface area contributed by atoms with E-state index >= 15 is 0 Å². The number of sulfonamides is 1. The number of ether oxygens (including phenoxy) is 1. The van der Waals surface area contributed by atoms with Crippen molar-refractivity contribution in [3.63, 3.8) is 0 Å². The number of piperidine rings is 1. The summed E-state index contributed by atoms with van der Waals surface area (Å²) < 4.78 is 31.6. The average molecular weight is 459 g/mol. The SMILES string of the molecule is COc1cccc(-c2ccc(C3CCN(S(=O)(=O)C4(C(=O)NO)CCC4)CC3)cc2C)c1. The van der Waals surface area contributed by atoms with E-state index in [0.717, 1.165) is 16.9 Å². The maximum Gasteiger partial charge on any atom is 0.266 e. The molecule has 8 heteroatoms. The van der Waals surface area contributed by atoms with E-state index in [-0.39, 0.29) is 18.8 Å². The van der Waals surface area contributed by atoms with E-state index in [4.69, 9.17) is 9.94 Å². The predicted octanol–water partition coefficient (Wildman–Crippen LogP) is 3.61. The maximum absolute atomic E-state index is 13.2.